The van der Waals surface area contributed by atoms with Gasteiger partial charge in [0.05, 0.1) is 0 Å². The molecule has 0 unspecified atom stereocenters. The Kier molecular flexibility index (Phi) is 4.59. The van der Waals surface area contributed by atoms with Gasteiger partial charge in [0.1, 0.15) is 0 Å². The number of hydrogen-bond acceptors (Lipinski definition) is 1. The van der Waals surface area contributed by atoms with E-state index in [0.717, 1.165) is 10.8 Å². The molecule has 0 saturated heterocycles. The topological polar surface area (TPSA) is 24.1 Å². The van der Waals surface area contributed by atoms with Gasteiger partial charge in [-0.05, 0) is 62.2 Å². The van der Waals surface area contributed by atoms with Gasteiger partial charge in [0, 0.05) is 11.7 Å². The lowest BCUT2D eigenvalue weighted by Gasteiger charge is -2.24. The number of anilines is 1. The molecule has 0 spiro atoms. The third kappa shape index (κ3) is 3.98. The lowest BCUT2D eigenvalue weighted by atomic mass is 9.96. The minimum Gasteiger partial charge on any atom is -0.360 e. The van der Waals surface area contributed by atoms with Gasteiger partial charge in [-0.15, -0.1) is 0 Å². The molecule has 0 aliphatic heterocycles. The van der Waals surface area contributed by atoms with Gasteiger partial charge in [0.25, 0.3) is 0 Å². The summed E-state index contributed by atoms with van der Waals surface area (Å²) >= 11 is 5.38. The molecule has 2 rings (SSSR count). The van der Waals surface area contributed by atoms with Crippen molar-refractivity contribution in [3.05, 3.63) is 29.3 Å². The van der Waals surface area contributed by atoms with Crippen LogP contribution in [0.25, 0.3) is 0 Å². The normalized spacial score (nSPS) is 16.3. The smallest absolute Gasteiger partial charge is 0.170 e. The van der Waals surface area contributed by atoms with Crippen molar-refractivity contribution in [1.29, 1.82) is 0 Å². The molecular formula is C15H22N2S. The highest BCUT2D eigenvalue weighted by Gasteiger charge is 2.13. The van der Waals surface area contributed by atoms with Crippen molar-refractivity contribution >= 4 is 23.0 Å². The predicted molar refractivity (Wildman–Crippen MR) is 82.1 cm³/mol. The van der Waals surface area contributed by atoms with Crippen LogP contribution in [0.5, 0.6) is 0 Å². The van der Waals surface area contributed by atoms with E-state index in [4.69, 9.17) is 12.2 Å². The minimum atomic E-state index is 0.560. The molecule has 1 aliphatic rings. The number of aryl methyl sites for hydroxylation is 2. The largest absolute Gasteiger partial charge is 0.360 e. The molecule has 0 aromatic heterocycles. The Morgan fingerprint density at radius 2 is 1.67 bits per heavy atom. The first-order valence-electron chi connectivity index (χ1n) is 6.79. The summed E-state index contributed by atoms with van der Waals surface area (Å²) in [6, 6.07) is 6.98. The van der Waals surface area contributed by atoms with E-state index in [9.17, 15) is 0 Å². The van der Waals surface area contributed by atoms with Crippen molar-refractivity contribution in [3.8, 4) is 0 Å². The van der Waals surface area contributed by atoms with E-state index in [0.29, 0.717) is 6.04 Å². The van der Waals surface area contributed by atoms with E-state index < -0.39 is 0 Å². The molecule has 1 aromatic rings. The molecule has 98 valence electrons. The van der Waals surface area contributed by atoms with Crippen molar-refractivity contribution in [3.63, 3.8) is 0 Å². The first-order valence-corrected chi connectivity index (χ1v) is 7.20. The minimum absolute atomic E-state index is 0.560. The first-order chi connectivity index (χ1) is 8.63. The van der Waals surface area contributed by atoms with Crippen LogP contribution in [-0.4, -0.2) is 11.2 Å². The van der Waals surface area contributed by atoms with E-state index in [2.05, 4.69) is 42.7 Å². The third-order valence-electron chi connectivity index (χ3n) is 3.42. The Hall–Kier alpha value is -1.09. The molecule has 0 amide bonds. The Morgan fingerprint density at radius 1 is 1.06 bits per heavy atom. The van der Waals surface area contributed by atoms with Gasteiger partial charge < -0.3 is 10.6 Å². The molecule has 0 atom stereocenters. The Morgan fingerprint density at radius 3 is 2.28 bits per heavy atom. The number of nitrogens with one attached hydrogen (secondary N) is 2. The standard InChI is InChI=1S/C15H22N2S/c1-11-8-12(2)10-14(9-11)17-15(18)16-13-6-4-3-5-7-13/h8-10,13H,3-7H2,1-2H3,(H2,16,17,18). The zero-order valence-electron chi connectivity index (χ0n) is 11.3. The second-order valence-corrected chi connectivity index (χ2v) is 5.72. The molecule has 0 bridgehead atoms. The molecule has 1 aliphatic carbocycles. The second-order valence-electron chi connectivity index (χ2n) is 5.31. The van der Waals surface area contributed by atoms with Crippen LogP contribution in [0.2, 0.25) is 0 Å². The number of benzene rings is 1. The molecular weight excluding hydrogens is 240 g/mol. The third-order valence-corrected chi connectivity index (χ3v) is 3.64. The quantitative estimate of drug-likeness (QED) is 0.790. The van der Waals surface area contributed by atoms with Gasteiger partial charge in [-0.1, -0.05) is 25.3 Å². The lowest BCUT2D eigenvalue weighted by molar-refractivity contribution is 0.415. The van der Waals surface area contributed by atoms with Crippen LogP contribution < -0.4 is 10.6 Å². The van der Waals surface area contributed by atoms with E-state index in [1.54, 1.807) is 0 Å². The van der Waals surface area contributed by atoms with Crippen molar-refractivity contribution < 1.29 is 0 Å². The number of rotatable bonds is 2. The van der Waals surface area contributed by atoms with Gasteiger partial charge >= 0.3 is 0 Å². The highest BCUT2D eigenvalue weighted by Crippen LogP contribution is 2.18. The van der Waals surface area contributed by atoms with Gasteiger partial charge in [0.15, 0.2) is 5.11 Å². The summed E-state index contributed by atoms with van der Waals surface area (Å²) in [7, 11) is 0. The Bertz CT molecular complexity index is 402. The lowest BCUT2D eigenvalue weighted by Crippen LogP contribution is -2.38. The van der Waals surface area contributed by atoms with Gasteiger partial charge in [0.2, 0.25) is 0 Å². The summed E-state index contributed by atoms with van der Waals surface area (Å²) in [5.74, 6) is 0. The zero-order valence-corrected chi connectivity index (χ0v) is 12.1. The van der Waals surface area contributed by atoms with Crippen LogP contribution in [0.15, 0.2) is 18.2 Å². The van der Waals surface area contributed by atoms with Crippen molar-refractivity contribution in [2.24, 2.45) is 0 Å². The molecule has 3 heteroatoms. The second kappa shape index (κ2) is 6.19. The molecule has 1 saturated carbocycles. The highest BCUT2D eigenvalue weighted by molar-refractivity contribution is 7.80. The van der Waals surface area contributed by atoms with Gasteiger partial charge in [-0.3, -0.25) is 0 Å². The Labute approximate surface area is 115 Å². The maximum Gasteiger partial charge on any atom is 0.170 e. The molecule has 2 N–H and O–H groups in total. The zero-order chi connectivity index (χ0) is 13.0. The molecule has 2 nitrogen and oxygen atoms in total. The summed E-state index contributed by atoms with van der Waals surface area (Å²) in [6.07, 6.45) is 6.51. The maximum atomic E-state index is 5.38. The monoisotopic (exact) mass is 262 g/mol. The maximum absolute atomic E-state index is 5.38. The van der Waals surface area contributed by atoms with Crippen LogP contribution in [0.1, 0.15) is 43.2 Å². The molecule has 18 heavy (non-hydrogen) atoms. The fourth-order valence-electron chi connectivity index (χ4n) is 2.65. The fraction of sp³-hybridized carbons (Fsp3) is 0.533. The van der Waals surface area contributed by atoms with Crippen LogP contribution in [0.3, 0.4) is 0 Å². The highest BCUT2D eigenvalue weighted by atomic mass is 32.1. The summed E-state index contributed by atoms with van der Waals surface area (Å²) in [5.41, 5.74) is 3.61. The molecule has 0 heterocycles. The summed E-state index contributed by atoms with van der Waals surface area (Å²) in [6.45, 7) is 4.21. The van der Waals surface area contributed by atoms with Gasteiger partial charge in [-0.2, -0.15) is 0 Å². The van der Waals surface area contributed by atoms with E-state index in [1.807, 2.05) is 0 Å². The van der Waals surface area contributed by atoms with Crippen LogP contribution in [0, 0.1) is 13.8 Å². The van der Waals surface area contributed by atoms with Crippen LogP contribution in [0.4, 0.5) is 5.69 Å². The summed E-state index contributed by atoms with van der Waals surface area (Å²) < 4.78 is 0. The van der Waals surface area contributed by atoms with E-state index in [1.165, 1.54) is 43.2 Å². The first kappa shape index (κ1) is 13.3. The van der Waals surface area contributed by atoms with E-state index in [-0.39, 0.29) is 0 Å². The SMILES string of the molecule is Cc1cc(C)cc(NC(=S)NC2CCCCC2)c1. The molecule has 0 radical (unpaired) electrons. The van der Waals surface area contributed by atoms with Crippen molar-refractivity contribution in [2.45, 2.75) is 52.0 Å². The average Bonchev–Trinajstić information content (AvgIpc) is 2.28. The average molecular weight is 262 g/mol. The van der Waals surface area contributed by atoms with Crippen LogP contribution in [-0.2, 0) is 0 Å². The predicted octanol–water partition coefficient (Wildman–Crippen LogP) is 3.92. The van der Waals surface area contributed by atoms with Gasteiger partial charge in [-0.25, -0.2) is 0 Å². The molecule has 1 aromatic carbocycles. The van der Waals surface area contributed by atoms with Crippen molar-refractivity contribution in [1.82, 2.24) is 5.32 Å². The fourth-order valence-corrected chi connectivity index (χ4v) is 2.93. The summed E-state index contributed by atoms with van der Waals surface area (Å²) in [4.78, 5) is 0. The van der Waals surface area contributed by atoms with Crippen molar-refractivity contribution in [2.75, 3.05) is 5.32 Å². The van der Waals surface area contributed by atoms with E-state index >= 15 is 0 Å². The summed E-state index contributed by atoms with van der Waals surface area (Å²) in [5, 5.41) is 7.47. The number of hydrogen-bond donors (Lipinski definition) is 2. The number of thiocarbonyl (C=S) groups is 1. The molecule has 1 fully saturated rings. The van der Waals surface area contributed by atoms with Crippen LogP contribution >= 0.6 is 12.2 Å². The Balaban J connectivity index is 1.89.